The summed E-state index contributed by atoms with van der Waals surface area (Å²) in [7, 11) is 2.05. The summed E-state index contributed by atoms with van der Waals surface area (Å²) >= 11 is 0. The van der Waals surface area contributed by atoms with E-state index in [9.17, 15) is 0 Å². The van der Waals surface area contributed by atoms with Crippen molar-refractivity contribution in [3.63, 3.8) is 0 Å². The molecule has 0 aromatic carbocycles. The summed E-state index contributed by atoms with van der Waals surface area (Å²) in [6.07, 6.45) is 7.47. The third-order valence-electron chi connectivity index (χ3n) is 2.47. The van der Waals surface area contributed by atoms with E-state index in [1.165, 1.54) is 12.0 Å². The van der Waals surface area contributed by atoms with Gasteiger partial charge in [0.2, 0.25) is 0 Å². The van der Waals surface area contributed by atoms with Gasteiger partial charge in [-0.15, -0.1) is 0 Å². The van der Waals surface area contributed by atoms with Gasteiger partial charge in [-0.1, -0.05) is 13.3 Å². The zero-order valence-electron chi connectivity index (χ0n) is 8.53. The summed E-state index contributed by atoms with van der Waals surface area (Å²) in [4.78, 5) is 0. The van der Waals surface area contributed by atoms with Crippen LogP contribution in [0.1, 0.15) is 37.7 Å². The van der Waals surface area contributed by atoms with Crippen molar-refractivity contribution >= 4 is 0 Å². The minimum atomic E-state index is 0.321. The lowest BCUT2D eigenvalue weighted by Gasteiger charge is -2.08. The maximum absolute atomic E-state index is 8.65. The van der Waals surface area contributed by atoms with Crippen molar-refractivity contribution in [1.82, 2.24) is 4.57 Å². The fraction of sp³-hybridized carbons (Fsp3) is 0.636. The second-order valence-corrected chi connectivity index (χ2v) is 3.73. The summed E-state index contributed by atoms with van der Waals surface area (Å²) in [5.74, 6) is 0.618. The van der Waals surface area contributed by atoms with Gasteiger partial charge < -0.3 is 9.67 Å². The van der Waals surface area contributed by atoms with Gasteiger partial charge in [0, 0.05) is 26.0 Å². The molecule has 1 atom stereocenters. The first-order valence-electron chi connectivity index (χ1n) is 4.96. The third-order valence-corrected chi connectivity index (χ3v) is 2.47. The second kappa shape index (κ2) is 5.07. The molecule has 0 saturated carbocycles. The topological polar surface area (TPSA) is 25.2 Å². The first-order valence-corrected chi connectivity index (χ1v) is 4.96. The number of aromatic nitrogens is 1. The molecule has 0 bridgehead atoms. The molecule has 1 rings (SSSR count). The molecule has 0 aliphatic rings. The van der Waals surface area contributed by atoms with Crippen molar-refractivity contribution in [3.05, 3.63) is 24.0 Å². The average molecular weight is 181 g/mol. The maximum atomic E-state index is 8.65. The number of aryl methyl sites for hydroxylation is 1. The predicted molar refractivity (Wildman–Crippen MR) is 54.8 cm³/mol. The molecule has 0 radical (unpaired) electrons. The number of rotatable bonds is 5. The highest BCUT2D eigenvalue weighted by molar-refractivity contribution is 5.14. The van der Waals surface area contributed by atoms with Crippen molar-refractivity contribution in [3.8, 4) is 0 Å². The number of hydrogen-bond donors (Lipinski definition) is 1. The molecule has 1 aromatic heterocycles. The SMILES string of the molecule is CC(CCCCO)c1ccn(C)c1. The van der Waals surface area contributed by atoms with E-state index in [0.29, 0.717) is 12.5 Å². The van der Waals surface area contributed by atoms with E-state index in [2.05, 4.69) is 30.0 Å². The highest BCUT2D eigenvalue weighted by atomic mass is 16.2. The Bertz CT molecular complexity index is 242. The van der Waals surface area contributed by atoms with Crippen LogP contribution in [0.4, 0.5) is 0 Å². The fourth-order valence-electron chi connectivity index (χ4n) is 1.55. The molecule has 2 heteroatoms. The lowest BCUT2D eigenvalue weighted by Crippen LogP contribution is -1.93. The van der Waals surface area contributed by atoms with Gasteiger partial charge in [-0.3, -0.25) is 0 Å². The van der Waals surface area contributed by atoms with Crippen LogP contribution in [0.2, 0.25) is 0 Å². The first kappa shape index (κ1) is 10.3. The molecular formula is C11H19NO. The molecule has 74 valence electrons. The molecule has 1 unspecified atom stereocenters. The summed E-state index contributed by atoms with van der Waals surface area (Å²) < 4.78 is 2.08. The van der Waals surface area contributed by atoms with Gasteiger partial charge in [0.1, 0.15) is 0 Å². The molecule has 13 heavy (non-hydrogen) atoms. The molecule has 0 saturated heterocycles. The van der Waals surface area contributed by atoms with Crippen molar-refractivity contribution in [2.75, 3.05) is 6.61 Å². The van der Waals surface area contributed by atoms with Gasteiger partial charge in [-0.25, -0.2) is 0 Å². The Morgan fingerprint density at radius 1 is 1.46 bits per heavy atom. The molecule has 0 aliphatic heterocycles. The monoisotopic (exact) mass is 181 g/mol. The zero-order chi connectivity index (χ0) is 9.68. The summed E-state index contributed by atoms with van der Waals surface area (Å²) in [6, 6.07) is 2.17. The Hall–Kier alpha value is -0.760. The highest BCUT2D eigenvalue weighted by Crippen LogP contribution is 2.20. The largest absolute Gasteiger partial charge is 0.396 e. The van der Waals surface area contributed by atoms with Crippen LogP contribution in [-0.4, -0.2) is 16.3 Å². The molecule has 1 N–H and O–H groups in total. The smallest absolute Gasteiger partial charge is 0.0431 e. The molecule has 1 heterocycles. The van der Waals surface area contributed by atoms with Gasteiger partial charge in [-0.05, 0) is 30.4 Å². The van der Waals surface area contributed by atoms with Crippen molar-refractivity contribution in [1.29, 1.82) is 0 Å². The Labute approximate surface area is 80.2 Å². The zero-order valence-corrected chi connectivity index (χ0v) is 8.53. The first-order chi connectivity index (χ1) is 6.24. The van der Waals surface area contributed by atoms with Crippen LogP contribution >= 0.6 is 0 Å². The van der Waals surface area contributed by atoms with E-state index in [1.807, 2.05) is 7.05 Å². The summed E-state index contributed by atoms with van der Waals surface area (Å²) in [6.45, 7) is 2.56. The maximum Gasteiger partial charge on any atom is 0.0431 e. The average Bonchev–Trinajstić information content (AvgIpc) is 2.52. The van der Waals surface area contributed by atoms with Gasteiger partial charge in [0.05, 0.1) is 0 Å². The molecule has 2 nitrogen and oxygen atoms in total. The normalized spacial score (nSPS) is 13.2. The summed E-state index contributed by atoms with van der Waals surface area (Å²) in [5, 5.41) is 8.65. The van der Waals surface area contributed by atoms with Gasteiger partial charge in [-0.2, -0.15) is 0 Å². The number of hydrogen-bond acceptors (Lipinski definition) is 1. The summed E-state index contributed by atoms with van der Waals surface area (Å²) in [5.41, 5.74) is 1.40. The Balaban J connectivity index is 2.35. The van der Waals surface area contributed by atoms with Crippen LogP contribution in [0.25, 0.3) is 0 Å². The van der Waals surface area contributed by atoms with Crippen molar-refractivity contribution in [2.24, 2.45) is 7.05 Å². The highest BCUT2D eigenvalue weighted by Gasteiger charge is 2.05. The van der Waals surface area contributed by atoms with Crippen LogP contribution < -0.4 is 0 Å². The quantitative estimate of drug-likeness (QED) is 0.693. The minimum Gasteiger partial charge on any atom is -0.396 e. The molecule has 1 aromatic rings. The number of aliphatic hydroxyl groups excluding tert-OH is 1. The van der Waals surface area contributed by atoms with Crippen LogP contribution in [0.5, 0.6) is 0 Å². The van der Waals surface area contributed by atoms with Crippen LogP contribution in [0, 0.1) is 0 Å². The van der Waals surface area contributed by atoms with E-state index in [4.69, 9.17) is 5.11 Å². The predicted octanol–water partition coefficient (Wildman–Crippen LogP) is 2.29. The van der Waals surface area contributed by atoms with Gasteiger partial charge >= 0.3 is 0 Å². The van der Waals surface area contributed by atoms with Crippen LogP contribution in [-0.2, 0) is 7.05 Å². The molecule has 0 aliphatic carbocycles. The van der Waals surface area contributed by atoms with Gasteiger partial charge in [0.15, 0.2) is 0 Å². The van der Waals surface area contributed by atoms with E-state index >= 15 is 0 Å². The third kappa shape index (κ3) is 3.23. The minimum absolute atomic E-state index is 0.321. The lowest BCUT2D eigenvalue weighted by molar-refractivity contribution is 0.281. The Morgan fingerprint density at radius 3 is 2.77 bits per heavy atom. The van der Waals surface area contributed by atoms with Crippen molar-refractivity contribution < 1.29 is 5.11 Å². The molecule has 0 fully saturated rings. The van der Waals surface area contributed by atoms with E-state index < -0.39 is 0 Å². The second-order valence-electron chi connectivity index (χ2n) is 3.73. The number of unbranched alkanes of at least 4 members (excludes halogenated alkanes) is 1. The Kier molecular flexibility index (Phi) is 4.03. The number of aliphatic hydroxyl groups is 1. The molecule has 0 spiro atoms. The van der Waals surface area contributed by atoms with E-state index in [-0.39, 0.29) is 0 Å². The molecule has 0 amide bonds. The van der Waals surface area contributed by atoms with E-state index in [0.717, 1.165) is 12.8 Å². The Morgan fingerprint density at radius 2 is 2.23 bits per heavy atom. The molecular weight excluding hydrogens is 162 g/mol. The lowest BCUT2D eigenvalue weighted by atomic mass is 9.98. The van der Waals surface area contributed by atoms with Crippen LogP contribution in [0.3, 0.4) is 0 Å². The number of nitrogens with zero attached hydrogens (tertiary/aromatic N) is 1. The van der Waals surface area contributed by atoms with Crippen molar-refractivity contribution in [2.45, 2.75) is 32.1 Å². The van der Waals surface area contributed by atoms with Crippen LogP contribution in [0.15, 0.2) is 18.5 Å². The standard InChI is InChI=1S/C11H19NO/c1-10(5-3-4-8-13)11-6-7-12(2)9-11/h6-7,9-10,13H,3-5,8H2,1-2H3. The van der Waals surface area contributed by atoms with E-state index in [1.54, 1.807) is 0 Å². The fourth-order valence-corrected chi connectivity index (χ4v) is 1.55. The van der Waals surface area contributed by atoms with Gasteiger partial charge in [0.25, 0.3) is 0 Å².